The maximum Gasteiger partial charge on any atom is 0.248 e. The van der Waals surface area contributed by atoms with Crippen molar-refractivity contribution >= 4 is 27.3 Å². The molecule has 2 rings (SSSR count). The molecule has 0 saturated heterocycles. The Bertz CT molecular complexity index is 881. The molecule has 0 aliphatic rings. The highest BCUT2D eigenvalue weighted by Crippen LogP contribution is 2.27. The van der Waals surface area contributed by atoms with Crippen molar-refractivity contribution in [1.29, 1.82) is 0 Å². The number of amides is 1. The first kappa shape index (κ1) is 20.6. The van der Waals surface area contributed by atoms with E-state index in [1.54, 1.807) is 62.6 Å². The molecule has 0 aromatic heterocycles. The summed E-state index contributed by atoms with van der Waals surface area (Å²) in [5, 5.41) is 2.76. The predicted molar refractivity (Wildman–Crippen MR) is 106 cm³/mol. The first-order valence-corrected chi connectivity index (χ1v) is 10.2. The average molecular weight is 392 g/mol. The number of nitrogens with zero attached hydrogens (tertiary/aromatic N) is 1. The minimum atomic E-state index is -3.71. The fourth-order valence-electron chi connectivity index (χ4n) is 2.71. The molecule has 1 atom stereocenters. The summed E-state index contributed by atoms with van der Waals surface area (Å²) in [5.41, 5.74) is 0.923. The van der Waals surface area contributed by atoms with Crippen molar-refractivity contribution < 1.29 is 22.7 Å². The molecule has 0 aliphatic heterocycles. The normalized spacial score (nSPS) is 12.1. The zero-order valence-electron chi connectivity index (χ0n) is 15.8. The van der Waals surface area contributed by atoms with E-state index in [-0.39, 0.29) is 0 Å². The Morgan fingerprint density at radius 2 is 1.70 bits per heavy atom. The highest BCUT2D eigenvalue weighted by atomic mass is 32.2. The quantitative estimate of drug-likeness (QED) is 0.747. The van der Waals surface area contributed by atoms with E-state index in [0.29, 0.717) is 29.3 Å². The fourth-order valence-corrected chi connectivity index (χ4v) is 3.91. The van der Waals surface area contributed by atoms with Gasteiger partial charge in [0.05, 0.1) is 26.2 Å². The number of carbonyl (C=O) groups is 1. The van der Waals surface area contributed by atoms with Gasteiger partial charge in [-0.15, -0.1) is 0 Å². The number of sulfonamides is 1. The van der Waals surface area contributed by atoms with Gasteiger partial charge in [0.2, 0.25) is 15.9 Å². The molecule has 1 amide bonds. The Kier molecular flexibility index (Phi) is 6.68. The van der Waals surface area contributed by atoms with E-state index in [1.807, 2.05) is 0 Å². The third-order valence-electron chi connectivity index (χ3n) is 4.00. The molecule has 0 aliphatic carbocycles. The monoisotopic (exact) mass is 392 g/mol. The molecule has 8 heteroatoms. The number of ether oxygens (including phenoxy) is 2. The van der Waals surface area contributed by atoms with Crippen molar-refractivity contribution in [3.63, 3.8) is 0 Å². The summed E-state index contributed by atoms with van der Waals surface area (Å²) < 4.78 is 36.3. The van der Waals surface area contributed by atoms with Gasteiger partial charge in [-0.3, -0.25) is 9.10 Å². The lowest BCUT2D eigenvalue weighted by molar-refractivity contribution is -0.117. The van der Waals surface area contributed by atoms with Gasteiger partial charge in [0.25, 0.3) is 0 Å². The van der Waals surface area contributed by atoms with Gasteiger partial charge in [-0.05, 0) is 42.8 Å². The van der Waals surface area contributed by atoms with Crippen LogP contribution in [-0.4, -0.2) is 40.8 Å². The molecule has 27 heavy (non-hydrogen) atoms. The number of rotatable bonds is 8. The molecule has 2 aromatic carbocycles. The van der Waals surface area contributed by atoms with E-state index in [9.17, 15) is 13.2 Å². The summed E-state index contributed by atoms with van der Waals surface area (Å²) in [5.74, 6) is 0.747. The number of anilines is 2. The summed E-state index contributed by atoms with van der Waals surface area (Å²) in [6.07, 6.45) is 1.38. The number of hydrogen-bond donors (Lipinski definition) is 1. The van der Waals surface area contributed by atoms with E-state index in [1.165, 1.54) is 7.11 Å². The van der Waals surface area contributed by atoms with Crippen LogP contribution in [0.2, 0.25) is 0 Å². The van der Waals surface area contributed by atoms with Gasteiger partial charge < -0.3 is 14.8 Å². The zero-order chi connectivity index (χ0) is 20.0. The minimum absolute atomic E-state index is 0.298. The standard InChI is InChI=1S/C19H24N2O5S/c1-5-18(19(22)20-14-9-11-16(25-2)12-10-14)21(27(4,23)24)15-7-6-8-17(13-15)26-3/h6-13,18H,5H2,1-4H3,(H,20,22)/t18-/m0/s1. The molecule has 2 aromatic rings. The molecule has 1 N–H and O–H groups in total. The third kappa shape index (κ3) is 5.13. The maximum atomic E-state index is 12.8. The van der Waals surface area contributed by atoms with Crippen molar-refractivity contribution in [3.8, 4) is 11.5 Å². The Morgan fingerprint density at radius 1 is 1.07 bits per heavy atom. The SMILES string of the molecule is CC[C@@H](C(=O)Nc1ccc(OC)cc1)N(c1cccc(OC)c1)S(C)(=O)=O. The molecule has 146 valence electrons. The Morgan fingerprint density at radius 3 is 2.22 bits per heavy atom. The van der Waals surface area contributed by atoms with Crippen LogP contribution < -0.4 is 19.1 Å². The van der Waals surface area contributed by atoms with Gasteiger partial charge in [0.15, 0.2) is 0 Å². The summed E-state index contributed by atoms with van der Waals surface area (Å²) >= 11 is 0. The predicted octanol–water partition coefficient (Wildman–Crippen LogP) is 2.89. The van der Waals surface area contributed by atoms with Gasteiger partial charge in [0, 0.05) is 11.8 Å². The first-order chi connectivity index (χ1) is 12.8. The van der Waals surface area contributed by atoms with Crippen LogP contribution >= 0.6 is 0 Å². The highest BCUT2D eigenvalue weighted by Gasteiger charge is 2.31. The Labute approximate surface area is 160 Å². The van der Waals surface area contributed by atoms with Crippen LogP contribution in [0.25, 0.3) is 0 Å². The van der Waals surface area contributed by atoms with Crippen LogP contribution in [-0.2, 0) is 14.8 Å². The van der Waals surface area contributed by atoms with Gasteiger partial charge in [-0.25, -0.2) is 8.42 Å². The van der Waals surface area contributed by atoms with Crippen LogP contribution in [0.3, 0.4) is 0 Å². The van der Waals surface area contributed by atoms with Crippen molar-refractivity contribution in [1.82, 2.24) is 0 Å². The van der Waals surface area contributed by atoms with E-state index < -0.39 is 22.0 Å². The lowest BCUT2D eigenvalue weighted by Gasteiger charge is -2.30. The summed E-state index contributed by atoms with van der Waals surface area (Å²) in [7, 11) is -0.653. The van der Waals surface area contributed by atoms with E-state index in [4.69, 9.17) is 9.47 Å². The number of nitrogens with one attached hydrogen (secondary N) is 1. The van der Waals surface area contributed by atoms with Gasteiger partial charge in [-0.1, -0.05) is 13.0 Å². The molecule has 0 saturated carbocycles. The lowest BCUT2D eigenvalue weighted by Crippen LogP contribution is -2.47. The summed E-state index contributed by atoms with van der Waals surface area (Å²) in [6, 6.07) is 12.5. The second-order valence-corrected chi connectivity index (χ2v) is 7.76. The van der Waals surface area contributed by atoms with Crippen LogP contribution in [0.1, 0.15) is 13.3 Å². The van der Waals surface area contributed by atoms with Gasteiger partial charge in [-0.2, -0.15) is 0 Å². The Hall–Kier alpha value is -2.74. The molecular formula is C19H24N2O5S. The van der Waals surface area contributed by atoms with Crippen molar-refractivity contribution in [3.05, 3.63) is 48.5 Å². The highest BCUT2D eigenvalue weighted by molar-refractivity contribution is 7.92. The Balaban J connectivity index is 2.34. The largest absolute Gasteiger partial charge is 0.497 e. The first-order valence-electron chi connectivity index (χ1n) is 8.38. The van der Waals surface area contributed by atoms with E-state index in [2.05, 4.69) is 5.32 Å². The number of carbonyl (C=O) groups excluding carboxylic acids is 1. The molecular weight excluding hydrogens is 368 g/mol. The van der Waals surface area contributed by atoms with Crippen LogP contribution in [0.5, 0.6) is 11.5 Å². The van der Waals surface area contributed by atoms with Gasteiger partial charge >= 0.3 is 0 Å². The van der Waals surface area contributed by atoms with Crippen LogP contribution in [0.4, 0.5) is 11.4 Å². The van der Waals surface area contributed by atoms with Crippen LogP contribution in [0, 0.1) is 0 Å². The third-order valence-corrected chi connectivity index (χ3v) is 5.17. The smallest absolute Gasteiger partial charge is 0.248 e. The summed E-state index contributed by atoms with van der Waals surface area (Å²) in [6.45, 7) is 1.76. The maximum absolute atomic E-state index is 12.8. The molecule has 0 unspecified atom stereocenters. The number of benzene rings is 2. The molecule has 0 bridgehead atoms. The molecule has 0 spiro atoms. The fraction of sp³-hybridized carbons (Fsp3) is 0.316. The molecule has 0 radical (unpaired) electrons. The zero-order valence-corrected chi connectivity index (χ0v) is 16.6. The van der Waals surface area contributed by atoms with E-state index in [0.717, 1.165) is 10.6 Å². The number of hydrogen-bond acceptors (Lipinski definition) is 5. The van der Waals surface area contributed by atoms with Crippen molar-refractivity contribution in [2.45, 2.75) is 19.4 Å². The molecule has 0 fully saturated rings. The van der Waals surface area contributed by atoms with Gasteiger partial charge in [0.1, 0.15) is 17.5 Å². The lowest BCUT2D eigenvalue weighted by atomic mass is 10.1. The topological polar surface area (TPSA) is 84.9 Å². The van der Waals surface area contributed by atoms with E-state index >= 15 is 0 Å². The molecule has 0 heterocycles. The average Bonchev–Trinajstić information content (AvgIpc) is 2.65. The van der Waals surface area contributed by atoms with Crippen molar-refractivity contribution in [2.24, 2.45) is 0 Å². The van der Waals surface area contributed by atoms with Crippen LogP contribution in [0.15, 0.2) is 48.5 Å². The second-order valence-electron chi connectivity index (χ2n) is 5.90. The second kappa shape index (κ2) is 8.77. The van der Waals surface area contributed by atoms with Crippen molar-refractivity contribution in [2.75, 3.05) is 30.1 Å². The minimum Gasteiger partial charge on any atom is -0.497 e. The summed E-state index contributed by atoms with van der Waals surface area (Å²) in [4.78, 5) is 12.8. The number of methoxy groups -OCH3 is 2. The molecule has 7 nitrogen and oxygen atoms in total.